The molecule has 0 aromatic heterocycles. The molecule has 0 spiro atoms. The van der Waals surface area contributed by atoms with Crippen LogP contribution in [-0.2, 0) is 20.7 Å². The van der Waals surface area contributed by atoms with Gasteiger partial charge < -0.3 is 10.1 Å². The minimum absolute atomic E-state index is 0.0131. The van der Waals surface area contributed by atoms with Crippen LogP contribution in [0, 0.1) is 13.8 Å². The standard InChI is InChI=1S/C19H19ClN2O4/c1-12-3-8-16(13(2)9-12)21-19(25)22-17(23)11-26-18(24)10-14-4-6-15(20)7-5-14/h3-9H,10-11H2,1-2H3,(H2,21,22,23,25). The fourth-order valence-corrected chi connectivity index (χ4v) is 2.36. The molecule has 7 heteroatoms. The number of amides is 3. The van der Waals surface area contributed by atoms with Crippen molar-refractivity contribution in [3.05, 3.63) is 64.2 Å². The van der Waals surface area contributed by atoms with E-state index in [1.54, 1.807) is 30.3 Å². The van der Waals surface area contributed by atoms with E-state index in [1.165, 1.54) is 0 Å². The number of carbonyl (C=O) groups is 3. The summed E-state index contributed by atoms with van der Waals surface area (Å²) >= 11 is 5.77. The molecular weight excluding hydrogens is 356 g/mol. The number of nitrogens with one attached hydrogen (secondary N) is 2. The first-order valence-electron chi connectivity index (χ1n) is 7.91. The van der Waals surface area contributed by atoms with Gasteiger partial charge in [-0.1, -0.05) is 41.4 Å². The molecule has 0 aliphatic rings. The fourth-order valence-electron chi connectivity index (χ4n) is 2.24. The van der Waals surface area contributed by atoms with Crippen LogP contribution in [0.25, 0.3) is 0 Å². The van der Waals surface area contributed by atoms with Crippen molar-refractivity contribution in [1.29, 1.82) is 0 Å². The van der Waals surface area contributed by atoms with Gasteiger partial charge in [-0.05, 0) is 43.2 Å². The van der Waals surface area contributed by atoms with E-state index in [-0.39, 0.29) is 6.42 Å². The molecule has 0 radical (unpaired) electrons. The molecule has 0 unspecified atom stereocenters. The maximum absolute atomic E-state index is 11.8. The van der Waals surface area contributed by atoms with Gasteiger partial charge in [-0.3, -0.25) is 14.9 Å². The Kier molecular flexibility index (Phi) is 6.74. The minimum atomic E-state index is -0.711. The highest BCUT2D eigenvalue weighted by Gasteiger charge is 2.12. The highest BCUT2D eigenvalue weighted by molar-refractivity contribution is 6.30. The Bertz CT molecular complexity index is 819. The molecule has 26 heavy (non-hydrogen) atoms. The summed E-state index contributed by atoms with van der Waals surface area (Å²) in [6.45, 7) is 3.26. The Morgan fingerprint density at radius 3 is 2.38 bits per heavy atom. The Balaban J connectivity index is 1.76. The summed E-state index contributed by atoms with van der Waals surface area (Å²) in [4.78, 5) is 35.3. The summed E-state index contributed by atoms with van der Waals surface area (Å²) in [5, 5.41) is 5.26. The lowest BCUT2D eigenvalue weighted by Gasteiger charge is -2.10. The number of aryl methyl sites for hydroxylation is 2. The van der Waals surface area contributed by atoms with Gasteiger partial charge in [0.05, 0.1) is 6.42 Å². The number of halogens is 1. The zero-order valence-corrected chi connectivity index (χ0v) is 15.2. The van der Waals surface area contributed by atoms with E-state index in [0.717, 1.165) is 11.1 Å². The van der Waals surface area contributed by atoms with Crippen molar-refractivity contribution in [3.8, 4) is 0 Å². The van der Waals surface area contributed by atoms with E-state index in [9.17, 15) is 14.4 Å². The van der Waals surface area contributed by atoms with E-state index in [0.29, 0.717) is 16.3 Å². The number of anilines is 1. The highest BCUT2D eigenvalue weighted by atomic mass is 35.5. The average molecular weight is 375 g/mol. The van der Waals surface area contributed by atoms with Crippen molar-refractivity contribution in [3.63, 3.8) is 0 Å². The summed E-state index contributed by atoms with van der Waals surface area (Å²) < 4.78 is 4.86. The lowest BCUT2D eigenvalue weighted by atomic mass is 10.1. The third-order valence-electron chi connectivity index (χ3n) is 3.51. The van der Waals surface area contributed by atoms with E-state index < -0.39 is 24.5 Å². The molecule has 3 amide bonds. The molecule has 0 fully saturated rings. The number of hydrogen-bond acceptors (Lipinski definition) is 4. The minimum Gasteiger partial charge on any atom is -0.455 e. The molecule has 2 aromatic rings. The van der Waals surface area contributed by atoms with Gasteiger partial charge in [0.15, 0.2) is 6.61 Å². The maximum Gasteiger partial charge on any atom is 0.325 e. The van der Waals surface area contributed by atoms with E-state index in [4.69, 9.17) is 16.3 Å². The second-order valence-electron chi connectivity index (χ2n) is 5.78. The van der Waals surface area contributed by atoms with Crippen LogP contribution < -0.4 is 10.6 Å². The van der Waals surface area contributed by atoms with E-state index in [1.807, 2.05) is 26.0 Å². The molecule has 0 saturated carbocycles. The Labute approximate surface area is 156 Å². The van der Waals surface area contributed by atoms with Crippen LogP contribution in [-0.4, -0.2) is 24.5 Å². The number of carbonyl (C=O) groups excluding carboxylic acids is 3. The van der Waals surface area contributed by atoms with Crippen molar-refractivity contribution in [2.45, 2.75) is 20.3 Å². The monoisotopic (exact) mass is 374 g/mol. The predicted molar refractivity (Wildman–Crippen MR) is 99.2 cm³/mol. The van der Waals surface area contributed by atoms with Crippen LogP contribution in [0.3, 0.4) is 0 Å². The first kappa shape index (κ1) is 19.5. The molecule has 6 nitrogen and oxygen atoms in total. The third kappa shape index (κ3) is 6.22. The normalized spacial score (nSPS) is 10.1. The second-order valence-corrected chi connectivity index (χ2v) is 6.22. The molecule has 2 N–H and O–H groups in total. The Hall–Kier alpha value is -2.86. The maximum atomic E-state index is 11.8. The molecule has 2 aromatic carbocycles. The van der Waals surface area contributed by atoms with Crippen molar-refractivity contribution < 1.29 is 19.1 Å². The van der Waals surface area contributed by atoms with Gasteiger partial charge in [0.25, 0.3) is 5.91 Å². The van der Waals surface area contributed by atoms with Crippen LogP contribution in [0.4, 0.5) is 10.5 Å². The molecule has 0 heterocycles. The smallest absolute Gasteiger partial charge is 0.325 e. The number of imide groups is 1. The van der Waals surface area contributed by atoms with Crippen molar-refractivity contribution in [1.82, 2.24) is 5.32 Å². The Morgan fingerprint density at radius 2 is 1.73 bits per heavy atom. The molecule has 136 valence electrons. The summed E-state index contributed by atoms with van der Waals surface area (Å²) in [5.74, 6) is -1.28. The van der Waals surface area contributed by atoms with Crippen LogP contribution in [0.5, 0.6) is 0 Å². The number of ether oxygens (including phenoxy) is 1. The van der Waals surface area contributed by atoms with Gasteiger partial charge in [-0.2, -0.15) is 0 Å². The quantitative estimate of drug-likeness (QED) is 0.785. The van der Waals surface area contributed by atoms with Crippen LogP contribution in [0.15, 0.2) is 42.5 Å². The van der Waals surface area contributed by atoms with Gasteiger partial charge in [0.2, 0.25) is 0 Å². The lowest BCUT2D eigenvalue weighted by Crippen LogP contribution is -2.37. The van der Waals surface area contributed by atoms with Gasteiger partial charge in [-0.25, -0.2) is 4.79 Å². The van der Waals surface area contributed by atoms with Gasteiger partial charge in [0, 0.05) is 10.7 Å². The summed E-state index contributed by atoms with van der Waals surface area (Å²) in [7, 11) is 0. The molecule has 0 saturated heterocycles. The molecule has 0 aliphatic carbocycles. The topological polar surface area (TPSA) is 84.5 Å². The van der Waals surface area contributed by atoms with Crippen molar-refractivity contribution in [2.24, 2.45) is 0 Å². The lowest BCUT2D eigenvalue weighted by molar-refractivity contribution is -0.147. The predicted octanol–water partition coefficient (Wildman–Crippen LogP) is 3.39. The first-order valence-corrected chi connectivity index (χ1v) is 8.29. The summed E-state index contributed by atoms with van der Waals surface area (Å²) in [5.41, 5.74) is 3.26. The third-order valence-corrected chi connectivity index (χ3v) is 3.76. The number of urea groups is 1. The first-order chi connectivity index (χ1) is 12.3. The summed E-state index contributed by atoms with van der Waals surface area (Å²) in [6, 6.07) is 11.5. The molecule has 0 bridgehead atoms. The van der Waals surface area contributed by atoms with Gasteiger partial charge in [-0.15, -0.1) is 0 Å². The largest absolute Gasteiger partial charge is 0.455 e. The Morgan fingerprint density at radius 1 is 1.04 bits per heavy atom. The average Bonchev–Trinajstić information content (AvgIpc) is 2.58. The van der Waals surface area contributed by atoms with Gasteiger partial charge >= 0.3 is 12.0 Å². The van der Waals surface area contributed by atoms with E-state index in [2.05, 4.69) is 10.6 Å². The SMILES string of the molecule is Cc1ccc(NC(=O)NC(=O)COC(=O)Cc2ccc(Cl)cc2)c(C)c1. The molecule has 0 aliphatic heterocycles. The number of hydrogen-bond donors (Lipinski definition) is 2. The summed E-state index contributed by atoms with van der Waals surface area (Å²) in [6.07, 6.45) is 0.0131. The number of rotatable bonds is 5. The van der Waals surface area contributed by atoms with Crippen LogP contribution in [0.2, 0.25) is 5.02 Å². The van der Waals surface area contributed by atoms with Crippen molar-refractivity contribution >= 4 is 35.2 Å². The molecule has 0 atom stereocenters. The zero-order valence-electron chi connectivity index (χ0n) is 14.5. The van der Waals surface area contributed by atoms with Crippen molar-refractivity contribution in [2.75, 3.05) is 11.9 Å². The fraction of sp³-hybridized carbons (Fsp3) is 0.211. The van der Waals surface area contributed by atoms with Crippen LogP contribution in [0.1, 0.15) is 16.7 Å². The highest BCUT2D eigenvalue weighted by Crippen LogP contribution is 2.15. The molecular formula is C19H19ClN2O4. The number of esters is 1. The number of benzene rings is 2. The van der Waals surface area contributed by atoms with Gasteiger partial charge in [0.1, 0.15) is 0 Å². The van der Waals surface area contributed by atoms with Crippen LogP contribution >= 0.6 is 11.6 Å². The second kappa shape index (κ2) is 9.01. The molecule has 2 rings (SSSR count). The zero-order chi connectivity index (χ0) is 19.1. The van der Waals surface area contributed by atoms with E-state index >= 15 is 0 Å².